The van der Waals surface area contributed by atoms with E-state index in [-0.39, 0.29) is 11.3 Å². The van der Waals surface area contributed by atoms with Gasteiger partial charge in [-0.2, -0.15) is 5.26 Å². The van der Waals surface area contributed by atoms with Gasteiger partial charge in [-0.25, -0.2) is 0 Å². The highest BCUT2D eigenvalue weighted by molar-refractivity contribution is 14.1. The Morgan fingerprint density at radius 2 is 2.32 bits per heavy atom. The van der Waals surface area contributed by atoms with Crippen molar-refractivity contribution in [3.05, 3.63) is 31.4 Å². The molecule has 0 aromatic heterocycles. The average molecular weight is 377 g/mol. The molecule has 0 fully saturated rings. The number of benzene rings is 1. The summed E-state index contributed by atoms with van der Waals surface area (Å²) < 4.78 is 5.42. The lowest BCUT2D eigenvalue weighted by molar-refractivity contribution is -0.386. The van der Waals surface area contributed by atoms with Gasteiger partial charge in [0.25, 0.3) is 0 Å². The van der Waals surface area contributed by atoms with E-state index in [1.807, 2.05) is 0 Å². The number of carboxylic acid groups (broad SMARTS) is 1. The first-order valence-corrected chi connectivity index (χ1v) is 5.94. The maximum Gasteiger partial charge on any atom is 0.324 e. The number of hydrogen-bond acceptors (Lipinski definition) is 6. The molecule has 0 amide bonds. The van der Waals surface area contributed by atoms with E-state index in [2.05, 4.69) is 0 Å². The number of rotatable bonds is 5. The van der Waals surface area contributed by atoms with E-state index >= 15 is 0 Å². The number of nitro benzene ring substituents is 1. The van der Waals surface area contributed by atoms with Crippen molar-refractivity contribution in [3.63, 3.8) is 0 Å². The fourth-order valence-electron chi connectivity index (χ4n) is 1.17. The van der Waals surface area contributed by atoms with Crippen molar-refractivity contribution in [2.45, 2.75) is 6.04 Å². The van der Waals surface area contributed by atoms with Gasteiger partial charge in [0.15, 0.2) is 0 Å². The summed E-state index contributed by atoms with van der Waals surface area (Å²) in [7, 11) is 0. The second-order valence-corrected chi connectivity index (χ2v) is 4.59. The van der Waals surface area contributed by atoms with Crippen LogP contribution in [-0.2, 0) is 4.79 Å². The van der Waals surface area contributed by atoms with Crippen LogP contribution in [0.25, 0.3) is 0 Å². The Hall–Kier alpha value is -1.93. The van der Waals surface area contributed by atoms with Crippen LogP contribution in [0.4, 0.5) is 5.69 Å². The van der Waals surface area contributed by atoms with Crippen LogP contribution in [0.5, 0.6) is 5.75 Å². The largest absolute Gasteiger partial charge is 0.484 e. The minimum atomic E-state index is -1.29. The van der Waals surface area contributed by atoms with Crippen molar-refractivity contribution in [1.82, 2.24) is 0 Å². The Labute approximate surface area is 121 Å². The summed E-state index contributed by atoms with van der Waals surface area (Å²) in [6.45, 7) is -0.405. The van der Waals surface area contributed by atoms with Crippen molar-refractivity contribution in [2.75, 3.05) is 6.61 Å². The van der Waals surface area contributed by atoms with E-state index in [9.17, 15) is 14.9 Å². The zero-order chi connectivity index (χ0) is 14.6. The van der Waals surface area contributed by atoms with Crippen molar-refractivity contribution < 1.29 is 19.6 Å². The maximum absolute atomic E-state index is 10.9. The topological polar surface area (TPSA) is 139 Å². The van der Waals surface area contributed by atoms with Gasteiger partial charge in [-0.15, -0.1) is 0 Å². The molecule has 1 aromatic carbocycles. The summed E-state index contributed by atoms with van der Waals surface area (Å²) in [4.78, 5) is 20.7. The third-order valence-electron chi connectivity index (χ3n) is 2.07. The Kier molecular flexibility index (Phi) is 5.02. The minimum absolute atomic E-state index is 0.0960. The van der Waals surface area contributed by atoms with E-state index in [1.165, 1.54) is 6.07 Å². The second kappa shape index (κ2) is 6.30. The molecule has 1 atom stereocenters. The van der Waals surface area contributed by atoms with E-state index in [0.717, 1.165) is 6.07 Å². The zero-order valence-electron chi connectivity index (χ0n) is 9.37. The molecule has 0 aliphatic carbocycles. The molecule has 1 aromatic rings. The molecule has 0 heterocycles. The Balaban J connectivity index is 3.09. The monoisotopic (exact) mass is 377 g/mol. The summed E-state index contributed by atoms with van der Waals surface area (Å²) in [6.07, 6.45) is 0. The van der Waals surface area contributed by atoms with Crippen molar-refractivity contribution in [3.8, 4) is 11.8 Å². The summed E-state index contributed by atoms with van der Waals surface area (Å²) in [5.74, 6) is -1.37. The third-order valence-corrected chi connectivity index (χ3v) is 2.88. The van der Waals surface area contributed by atoms with E-state index in [4.69, 9.17) is 20.8 Å². The van der Waals surface area contributed by atoms with Gasteiger partial charge in [0.2, 0.25) is 5.75 Å². The normalized spacial score (nSPS) is 11.4. The Bertz CT molecular complexity index is 569. The predicted octanol–water partition coefficient (Wildman–Crippen LogP) is 0.862. The highest BCUT2D eigenvalue weighted by atomic mass is 127. The van der Waals surface area contributed by atoms with Crippen LogP contribution in [0.15, 0.2) is 12.1 Å². The van der Waals surface area contributed by atoms with Crippen LogP contribution >= 0.6 is 22.6 Å². The zero-order valence-corrected chi connectivity index (χ0v) is 11.5. The highest BCUT2D eigenvalue weighted by Crippen LogP contribution is 2.33. The molecule has 1 rings (SSSR count). The van der Waals surface area contributed by atoms with Crippen LogP contribution in [-0.4, -0.2) is 28.6 Å². The van der Waals surface area contributed by atoms with Crippen LogP contribution in [0, 0.1) is 25.0 Å². The van der Waals surface area contributed by atoms with Gasteiger partial charge in [-0.3, -0.25) is 14.9 Å². The number of halogens is 1. The Morgan fingerprint density at radius 1 is 1.68 bits per heavy atom. The molecule has 1 unspecified atom stereocenters. The molecule has 0 aliphatic heterocycles. The number of nitro groups is 1. The summed E-state index contributed by atoms with van der Waals surface area (Å²) >= 11 is 1.76. The number of carboxylic acids is 1. The molecule has 3 N–H and O–H groups in total. The predicted molar refractivity (Wildman–Crippen MR) is 71.6 cm³/mol. The summed E-state index contributed by atoms with van der Waals surface area (Å²) in [6, 6.07) is 2.96. The first kappa shape index (κ1) is 15.1. The number of nitriles is 1. The lowest BCUT2D eigenvalue weighted by Gasteiger charge is -2.11. The first-order valence-electron chi connectivity index (χ1n) is 4.86. The lowest BCUT2D eigenvalue weighted by Crippen LogP contribution is -2.36. The van der Waals surface area contributed by atoms with E-state index in [1.54, 1.807) is 28.7 Å². The highest BCUT2D eigenvalue weighted by Gasteiger charge is 2.22. The van der Waals surface area contributed by atoms with E-state index in [0.29, 0.717) is 3.57 Å². The standard InChI is InChI=1S/C10H8IN3O5/c11-6-1-5(3-12)2-8(14(17)18)9(6)19-4-7(13)10(15)16/h1-2,7H,4,13H2,(H,15,16). The molecule has 0 saturated heterocycles. The first-order chi connectivity index (χ1) is 8.86. The number of nitrogens with two attached hydrogens (primary N) is 1. The van der Waals surface area contributed by atoms with Crippen molar-refractivity contribution in [2.24, 2.45) is 5.73 Å². The van der Waals surface area contributed by atoms with Gasteiger partial charge >= 0.3 is 11.7 Å². The van der Waals surface area contributed by atoms with E-state index < -0.39 is 29.2 Å². The van der Waals surface area contributed by atoms with Crippen LogP contribution in [0.3, 0.4) is 0 Å². The number of hydrogen-bond donors (Lipinski definition) is 2. The lowest BCUT2D eigenvalue weighted by atomic mass is 10.2. The molecular weight excluding hydrogens is 369 g/mol. The SMILES string of the molecule is N#Cc1cc(I)c(OCC(N)C(=O)O)c([N+](=O)[O-])c1. The number of carbonyl (C=O) groups is 1. The van der Waals surface area contributed by atoms with Gasteiger partial charge in [-0.05, 0) is 28.7 Å². The molecule has 8 nitrogen and oxygen atoms in total. The molecule has 0 spiro atoms. The van der Waals surface area contributed by atoms with Gasteiger partial charge < -0.3 is 15.6 Å². The fraction of sp³-hybridized carbons (Fsp3) is 0.200. The molecule has 0 bridgehead atoms. The van der Waals surface area contributed by atoms with Gasteiger partial charge in [0, 0.05) is 6.07 Å². The number of ether oxygens (including phenoxy) is 1. The molecule has 0 aliphatic rings. The maximum atomic E-state index is 10.9. The second-order valence-electron chi connectivity index (χ2n) is 3.43. The third kappa shape index (κ3) is 3.76. The summed E-state index contributed by atoms with van der Waals surface area (Å²) in [5, 5.41) is 28.2. The van der Waals surface area contributed by atoms with Crippen LogP contribution in [0.2, 0.25) is 0 Å². The van der Waals surface area contributed by atoms with Crippen molar-refractivity contribution in [1.29, 1.82) is 5.26 Å². The quantitative estimate of drug-likeness (QED) is 0.441. The number of aliphatic carboxylic acids is 1. The molecule has 100 valence electrons. The number of nitrogens with zero attached hydrogens (tertiary/aromatic N) is 2. The smallest absolute Gasteiger partial charge is 0.324 e. The minimum Gasteiger partial charge on any atom is -0.484 e. The Morgan fingerprint density at radius 3 is 2.79 bits per heavy atom. The molecule has 0 saturated carbocycles. The van der Waals surface area contributed by atoms with Gasteiger partial charge in [0.1, 0.15) is 12.6 Å². The molecular formula is C10H8IN3O5. The van der Waals surface area contributed by atoms with Crippen molar-refractivity contribution >= 4 is 34.2 Å². The average Bonchev–Trinajstić information content (AvgIpc) is 2.35. The van der Waals surface area contributed by atoms with Crippen LogP contribution in [0.1, 0.15) is 5.56 Å². The molecule has 19 heavy (non-hydrogen) atoms. The molecule has 0 radical (unpaired) electrons. The summed E-state index contributed by atoms with van der Waals surface area (Å²) in [5.41, 5.74) is 4.96. The molecule has 9 heteroatoms. The fourth-order valence-corrected chi connectivity index (χ4v) is 1.93. The van der Waals surface area contributed by atoms with Crippen LogP contribution < -0.4 is 10.5 Å². The van der Waals surface area contributed by atoms with Gasteiger partial charge in [0.05, 0.1) is 20.1 Å². The van der Waals surface area contributed by atoms with Gasteiger partial charge in [-0.1, -0.05) is 0 Å².